The van der Waals surface area contributed by atoms with Crippen molar-refractivity contribution in [2.75, 3.05) is 13.6 Å². The molecule has 8 heteroatoms. The highest BCUT2D eigenvalue weighted by atomic mass is 19.1. The van der Waals surface area contributed by atoms with Crippen molar-refractivity contribution >= 4 is 16.9 Å². The molecule has 2 aromatic heterocycles. The quantitative estimate of drug-likeness (QED) is 0.745. The smallest absolute Gasteiger partial charge is 0.227 e. The zero-order chi connectivity index (χ0) is 17.1. The van der Waals surface area contributed by atoms with Gasteiger partial charge in [0.2, 0.25) is 5.91 Å². The minimum atomic E-state index is -0.299. The number of carbonyl (C=O) groups excluding carboxylic acids is 1. The summed E-state index contributed by atoms with van der Waals surface area (Å²) in [6.45, 7) is 2.89. The van der Waals surface area contributed by atoms with Gasteiger partial charge in [0.05, 0.1) is 23.5 Å². The van der Waals surface area contributed by atoms with Crippen LogP contribution >= 0.6 is 0 Å². The molecule has 0 saturated carbocycles. The number of H-pyrrole nitrogens is 1. The largest absolute Gasteiger partial charge is 0.345 e. The lowest BCUT2D eigenvalue weighted by atomic mass is 10.1. The lowest BCUT2D eigenvalue weighted by molar-refractivity contribution is -0.134. The molecule has 7 nitrogen and oxygen atoms in total. The molecule has 0 spiro atoms. The number of likely N-dealkylation sites (N-methyl/N-ethyl adjacent to an activating group) is 1. The molecule has 0 unspecified atom stereocenters. The van der Waals surface area contributed by atoms with E-state index in [0.29, 0.717) is 25.0 Å². The van der Waals surface area contributed by atoms with Gasteiger partial charge >= 0.3 is 0 Å². The molecule has 2 heterocycles. The van der Waals surface area contributed by atoms with Gasteiger partial charge in [0, 0.05) is 20.0 Å². The van der Waals surface area contributed by atoms with Gasteiger partial charge < -0.3 is 9.88 Å². The first-order valence-corrected chi connectivity index (χ1v) is 7.74. The van der Waals surface area contributed by atoms with E-state index in [4.69, 9.17) is 0 Å². The summed E-state index contributed by atoms with van der Waals surface area (Å²) in [6, 6.07) is 4.44. The van der Waals surface area contributed by atoms with Crippen LogP contribution in [0, 0.1) is 11.7 Å². The highest BCUT2D eigenvalue weighted by Crippen LogP contribution is 2.13. The second kappa shape index (κ2) is 6.77. The van der Waals surface area contributed by atoms with Gasteiger partial charge in [-0.05, 0) is 18.2 Å². The van der Waals surface area contributed by atoms with Crippen LogP contribution in [0.25, 0.3) is 11.0 Å². The van der Waals surface area contributed by atoms with Crippen LogP contribution in [0.1, 0.15) is 12.7 Å². The van der Waals surface area contributed by atoms with Crippen LogP contribution in [0.4, 0.5) is 4.39 Å². The monoisotopic (exact) mass is 330 g/mol. The highest BCUT2D eigenvalue weighted by molar-refractivity contribution is 5.78. The minimum Gasteiger partial charge on any atom is -0.345 e. The Morgan fingerprint density at radius 3 is 3.04 bits per heavy atom. The van der Waals surface area contributed by atoms with E-state index < -0.39 is 0 Å². The van der Waals surface area contributed by atoms with Crippen LogP contribution in [0.3, 0.4) is 0 Å². The van der Waals surface area contributed by atoms with E-state index in [1.54, 1.807) is 29.0 Å². The Bertz CT molecular complexity index is 828. The van der Waals surface area contributed by atoms with E-state index in [1.165, 1.54) is 18.5 Å². The normalized spacial score (nSPS) is 12.5. The summed E-state index contributed by atoms with van der Waals surface area (Å²) < 4.78 is 14.8. The molecule has 1 amide bonds. The zero-order valence-electron chi connectivity index (χ0n) is 13.6. The number of aromatic nitrogens is 5. The SMILES string of the molecule is C[C@@H](Cn1cncn1)C(=O)N(C)CCc1nc2ccc(F)cc2[nH]1. The summed E-state index contributed by atoms with van der Waals surface area (Å²) in [5.74, 6) is 0.278. The lowest BCUT2D eigenvalue weighted by Gasteiger charge is -2.20. The Morgan fingerprint density at radius 2 is 2.29 bits per heavy atom. The van der Waals surface area contributed by atoms with Crippen LogP contribution in [-0.2, 0) is 17.8 Å². The third-order valence-electron chi connectivity index (χ3n) is 3.90. The highest BCUT2D eigenvalue weighted by Gasteiger charge is 2.18. The van der Waals surface area contributed by atoms with Gasteiger partial charge in [-0.25, -0.2) is 14.4 Å². The second-order valence-electron chi connectivity index (χ2n) is 5.87. The first-order chi connectivity index (χ1) is 11.5. The molecular formula is C16H19FN6O. The van der Waals surface area contributed by atoms with Gasteiger partial charge in [-0.2, -0.15) is 5.10 Å². The number of imidazole rings is 1. The molecule has 0 fully saturated rings. The molecule has 24 heavy (non-hydrogen) atoms. The van der Waals surface area contributed by atoms with Crippen molar-refractivity contribution in [3.63, 3.8) is 0 Å². The standard InChI is InChI=1S/C16H19FN6O/c1-11(8-23-10-18-9-19-23)16(24)22(2)6-5-15-20-13-4-3-12(17)7-14(13)21-15/h3-4,7,9-11H,5-6,8H2,1-2H3,(H,20,21)/t11-/m0/s1. The molecule has 3 aromatic rings. The number of carbonyl (C=O) groups is 1. The maximum Gasteiger partial charge on any atom is 0.227 e. The van der Waals surface area contributed by atoms with Gasteiger partial charge in [0.25, 0.3) is 0 Å². The van der Waals surface area contributed by atoms with Crippen LogP contribution < -0.4 is 0 Å². The Hall–Kier alpha value is -2.77. The van der Waals surface area contributed by atoms with Gasteiger partial charge in [0.15, 0.2) is 0 Å². The summed E-state index contributed by atoms with van der Waals surface area (Å²) in [7, 11) is 1.77. The molecule has 1 aromatic carbocycles. The average molecular weight is 330 g/mol. The third kappa shape index (κ3) is 3.58. The number of hydrogen-bond acceptors (Lipinski definition) is 4. The number of nitrogens with zero attached hydrogens (tertiary/aromatic N) is 5. The van der Waals surface area contributed by atoms with Gasteiger partial charge in [0.1, 0.15) is 24.3 Å². The number of hydrogen-bond donors (Lipinski definition) is 1. The Morgan fingerprint density at radius 1 is 1.46 bits per heavy atom. The number of amides is 1. The first kappa shape index (κ1) is 16.1. The summed E-state index contributed by atoms with van der Waals surface area (Å²) in [5, 5.41) is 4.01. The molecule has 1 N–H and O–H groups in total. The van der Waals surface area contributed by atoms with Crippen molar-refractivity contribution < 1.29 is 9.18 Å². The molecule has 0 aliphatic rings. The van der Waals surface area contributed by atoms with Crippen LogP contribution in [0.2, 0.25) is 0 Å². The van der Waals surface area contributed by atoms with Crippen LogP contribution in [0.15, 0.2) is 30.9 Å². The van der Waals surface area contributed by atoms with E-state index in [9.17, 15) is 9.18 Å². The van der Waals surface area contributed by atoms with Crippen LogP contribution in [0.5, 0.6) is 0 Å². The van der Waals surface area contributed by atoms with Gasteiger partial charge in [-0.15, -0.1) is 0 Å². The molecule has 3 rings (SSSR count). The third-order valence-corrected chi connectivity index (χ3v) is 3.90. The summed E-state index contributed by atoms with van der Waals surface area (Å²) in [4.78, 5) is 25.4. The fourth-order valence-corrected chi connectivity index (χ4v) is 2.60. The fourth-order valence-electron chi connectivity index (χ4n) is 2.60. The number of aromatic amines is 1. The zero-order valence-corrected chi connectivity index (χ0v) is 13.6. The van der Waals surface area contributed by atoms with Gasteiger partial charge in [-0.1, -0.05) is 6.92 Å². The first-order valence-electron chi connectivity index (χ1n) is 7.74. The fraction of sp³-hybridized carbons (Fsp3) is 0.375. The Kier molecular flexibility index (Phi) is 4.54. The van der Waals surface area contributed by atoms with Crippen molar-refractivity contribution in [2.24, 2.45) is 5.92 Å². The topological polar surface area (TPSA) is 79.7 Å². The second-order valence-corrected chi connectivity index (χ2v) is 5.87. The average Bonchev–Trinajstić information content (AvgIpc) is 3.20. The lowest BCUT2D eigenvalue weighted by Crippen LogP contribution is -2.35. The number of rotatable bonds is 6. The molecule has 0 saturated heterocycles. The van der Waals surface area contributed by atoms with E-state index in [1.807, 2.05) is 6.92 Å². The molecule has 0 radical (unpaired) electrons. The summed E-state index contributed by atoms with van der Waals surface area (Å²) in [6.07, 6.45) is 3.62. The predicted molar refractivity (Wildman–Crippen MR) is 86.6 cm³/mol. The summed E-state index contributed by atoms with van der Waals surface area (Å²) >= 11 is 0. The number of fused-ring (bicyclic) bond motifs is 1. The molecular weight excluding hydrogens is 311 g/mol. The van der Waals surface area contributed by atoms with Gasteiger partial charge in [-0.3, -0.25) is 9.48 Å². The number of halogens is 1. The van der Waals surface area contributed by atoms with Crippen molar-refractivity contribution in [2.45, 2.75) is 19.9 Å². The molecule has 1 atom stereocenters. The number of benzene rings is 1. The maximum absolute atomic E-state index is 13.2. The number of nitrogens with one attached hydrogen (secondary N) is 1. The Labute approximate surface area is 138 Å². The van der Waals surface area contributed by atoms with E-state index in [-0.39, 0.29) is 17.6 Å². The molecule has 126 valence electrons. The van der Waals surface area contributed by atoms with E-state index in [2.05, 4.69) is 20.1 Å². The molecule has 0 aliphatic heterocycles. The van der Waals surface area contributed by atoms with E-state index >= 15 is 0 Å². The predicted octanol–water partition coefficient (Wildman–Crippen LogP) is 1.63. The summed E-state index contributed by atoms with van der Waals surface area (Å²) in [5.41, 5.74) is 1.39. The Balaban J connectivity index is 1.57. The van der Waals surface area contributed by atoms with E-state index in [0.717, 1.165) is 11.3 Å². The maximum atomic E-state index is 13.2. The molecule has 0 bridgehead atoms. The minimum absolute atomic E-state index is 0.0349. The van der Waals surface area contributed by atoms with Crippen molar-refractivity contribution in [1.29, 1.82) is 0 Å². The van der Waals surface area contributed by atoms with Crippen molar-refractivity contribution in [3.8, 4) is 0 Å². The van der Waals surface area contributed by atoms with Crippen molar-refractivity contribution in [1.82, 2.24) is 29.6 Å². The van der Waals surface area contributed by atoms with Crippen molar-refractivity contribution in [3.05, 3.63) is 42.5 Å². The van der Waals surface area contributed by atoms with Crippen LogP contribution in [-0.4, -0.2) is 49.1 Å². The molecule has 0 aliphatic carbocycles.